The van der Waals surface area contributed by atoms with Gasteiger partial charge in [-0.25, -0.2) is 0 Å². The quantitative estimate of drug-likeness (QED) is 0.731. The van der Waals surface area contributed by atoms with Crippen molar-refractivity contribution in [3.63, 3.8) is 0 Å². The van der Waals surface area contributed by atoms with Crippen LogP contribution in [0.2, 0.25) is 0 Å². The highest BCUT2D eigenvalue weighted by Gasteiger charge is 2.08. The van der Waals surface area contributed by atoms with Crippen LogP contribution in [0, 0.1) is 0 Å². The Morgan fingerprint density at radius 2 is 2.21 bits per heavy atom. The van der Waals surface area contributed by atoms with Crippen molar-refractivity contribution in [3.05, 3.63) is 36.0 Å². The van der Waals surface area contributed by atoms with Gasteiger partial charge in [0.2, 0.25) is 0 Å². The second-order valence-corrected chi connectivity index (χ2v) is 3.19. The normalized spacial score (nSPS) is 10.4. The van der Waals surface area contributed by atoms with E-state index >= 15 is 0 Å². The number of benzene rings is 1. The molecule has 2 aromatic rings. The van der Waals surface area contributed by atoms with Crippen molar-refractivity contribution < 1.29 is 9.90 Å². The zero-order valence-electron chi connectivity index (χ0n) is 7.07. The Bertz CT molecular complexity index is 510. The summed E-state index contributed by atoms with van der Waals surface area (Å²) in [7, 11) is 0. The monoisotopic (exact) mass is 207 g/mol. The molecule has 2 rings (SSSR count). The fourth-order valence-electron chi connectivity index (χ4n) is 1.31. The number of pyridine rings is 1. The number of aromatic nitrogens is 1. The summed E-state index contributed by atoms with van der Waals surface area (Å²) in [4.78, 5) is 15.0. The van der Waals surface area contributed by atoms with E-state index in [1.165, 1.54) is 12.3 Å². The molecule has 70 valence electrons. The Labute approximate surface area is 85.0 Å². The van der Waals surface area contributed by atoms with Crippen LogP contribution >= 0.6 is 11.6 Å². The first kappa shape index (κ1) is 8.97. The predicted octanol–water partition coefficient (Wildman–Crippen LogP) is 2.32. The van der Waals surface area contributed by atoms with E-state index in [0.29, 0.717) is 16.5 Å². The molecule has 0 aliphatic heterocycles. The minimum absolute atomic E-state index is 0.0664. The summed E-state index contributed by atoms with van der Waals surface area (Å²) in [5, 5.41) is 9.32. The van der Waals surface area contributed by atoms with Gasteiger partial charge >= 0.3 is 0 Å². The van der Waals surface area contributed by atoms with Crippen LogP contribution in [0.15, 0.2) is 30.5 Å². The molecule has 0 atom stereocenters. The van der Waals surface area contributed by atoms with Gasteiger partial charge in [-0.3, -0.25) is 9.78 Å². The molecule has 0 fully saturated rings. The van der Waals surface area contributed by atoms with Crippen molar-refractivity contribution in [3.8, 4) is 5.75 Å². The molecule has 4 heteroatoms. The van der Waals surface area contributed by atoms with Crippen LogP contribution in [0.5, 0.6) is 5.75 Å². The Morgan fingerprint density at radius 3 is 2.93 bits per heavy atom. The number of aromatic hydroxyl groups is 1. The van der Waals surface area contributed by atoms with Crippen LogP contribution in [0.25, 0.3) is 10.9 Å². The maximum Gasteiger partial charge on any atom is 0.254 e. The van der Waals surface area contributed by atoms with Gasteiger partial charge in [0.1, 0.15) is 5.75 Å². The zero-order valence-corrected chi connectivity index (χ0v) is 7.82. The van der Waals surface area contributed by atoms with E-state index in [0.717, 1.165) is 0 Å². The van der Waals surface area contributed by atoms with Crippen molar-refractivity contribution >= 4 is 27.7 Å². The van der Waals surface area contributed by atoms with Gasteiger partial charge in [-0.1, -0.05) is 12.1 Å². The average molecular weight is 208 g/mol. The molecular weight excluding hydrogens is 202 g/mol. The van der Waals surface area contributed by atoms with Crippen LogP contribution in [-0.4, -0.2) is 15.3 Å². The molecule has 0 aliphatic carbocycles. The summed E-state index contributed by atoms with van der Waals surface area (Å²) >= 11 is 5.38. The molecule has 0 amide bonds. The van der Waals surface area contributed by atoms with Crippen LogP contribution in [0.1, 0.15) is 10.4 Å². The van der Waals surface area contributed by atoms with Crippen molar-refractivity contribution in [1.82, 2.24) is 4.98 Å². The fraction of sp³-hybridized carbons (Fsp3) is 0. The third-order valence-corrected chi connectivity index (χ3v) is 2.11. The molecule has 3 nitrogen and oxygen atoms in total. The number of carbonyl (C=O) groups is 1. The number of hydrogen-bond donors (Lipinski definition) is 1. The van der Waals surface area contributed by atoms with E-state index in [4.69, 9.17) is 11.6 Å². The Morgan fingerprint density at radius 1 is 1.43 bits per heavy atom. The summed E-state index contributed by atoms with van der Waals surface area (Å²) in [6.45, 7) is 0. The SMILES string of the molecule is O=C(Cl)c1cccc2cc(O)cnc12. The number of para-hydroxylation sites is 1. The van der Waals surface area contributed by atoms with Crippen molar-refractivity contribution in [2.75, 3.05) is 0 Å². The van der Waals surface area contributed by atoms with Crippen LogP contribution in [-0.2, 0) is 0 Å². The first-order valence-electron chi connectivity index (χ1n) is 3.96. The van der Waals surface area contributed by atoms with Crippen molar-refractivity contribution in [2.24, 2.45) is 0 Å². The van der Waals surface area contributed by atoms with Gasteiger partial charge in [-0.05, 0) is 23.7 Å². The van der Waals surface area contributed by atoms with Gasteiger partial charge in [0.25, 0.3) is 5.24 Å². The number of carbonyl (C=O) groups excluding carboxylic acids is 1. The van der Waals surface area contributed by atoms with E-state index < -0.39 is 5.24 Å². The van der Waals surface area contributed by atoms with Crippen molar-refractivity contribution in [2.45, 2.75) is 0 Å². The highest BCUT2D eigenvalue weighted by atomic mass is 35.5. The van der Waals surface area contributed by atoms with Crippen LogP contribution < -0.4 is 0 Å². The Balaban J connectivity index is 2.81. The summed E-state index contributed by atoms with van der Waals surface area (Å²) in [6.07, 6.45) is 1.28. The van der Waals surface area contributed by atoms with E-state index in [2.05, 4.69) is 4.98 Å². The van der Waals surface area contributed by atoms with E-state index in [-0.39, 0.29) is 5.75 Å². The van der Waals surface area contributed by atoms with Gasteiger partial charge in [0, 0.05) is 5.39 Å². The highest BCUT2D eigenvalue weighted by molar-refractivity contribution is 6.68. The van der Waals surface area contributed by atoms with Crippen molar-refractivity contribution in [1.29, 1.82) is 0 Å². The lowest BCUT2D eigenvalue weighted by molar-refractivity contribution is 0.108. The summed E-state index contributed by atoms with van der Waals surface area (Å²) in [5.74, 6) is 0.0664. The van der Waals surface area contributed by atoms with Gasteiger partial charge < -0.3 is 5.11 Å². The average Bonchev–Trinajstić information content (AvgIpc) is 2.16. The predicted molar refractivity (Wildman–Crippen MR) is 53.6 cm³/mol. The molecule has 0 bridgehead atoms. The Hall–Kier alpha value is -1.61. The van der Waals surface area contributed by atoms with Gasteiger partial charge in [-0.2, -0.15) is 0 Å². The van der Waals surface area contributed by atoms with E-state index in [1.807, 2.05) is 0 Å². The molecule has 1 heterocycles. The summed E-state index contributed by atoms with van der Waals surface area (Å²) < 4.78 is 0. The lowest BCUT2D eigenvalue weighted by Gasteiger charge is -2.01. The summed E-state index contributed by atoms with van der Waals surface area (Å²) in [6, 6.07) is 6.58. The molecular formula is C10H6ClNO2. The van der Waals surface area contributed by atoms with E-state index in [1.54, 1.807) is 18.2 Å². The molecule has 0 unspecified atom stereocenters. The molecule has 0 saturated heterocycles. The molecule has 1 N–H and O–H groups in total. The molecule has 1 aromatic heterocycles. The summed E-state index contributed by atoms with van der Waals surface area (Å²) in [5.41, 5.74) is 0.856. The fourth-order valence-corrected chi connectivity index (χ4v) is 1.46. The smallest absolute Gasteiger partial charge is 0.254 e. The molecule has 0 saturated carbocycles. The first-order valence-corrected chi connectivity index (χ1v) is 4.34. The standard InChI is InChI=1S/C10H6ClNO2/c11-10(14)8-3-1-2-6-4-7(13)5-12-9(6)8/h1-5,13H. The van der Waals surface area contributed by atoms with Gasteiger partial charge in [0.15, 0.2) is 0 Å². The lowest BCUT2D eigenvalue weighted by atomic mass is 10.1. The second-order valence-electron chi connectivity index (χ2n) is 2.84. The first-order chi connectivity index (χ1) is 6.68. The largest absolute Gasteiger partial charge is 0.506 e. The minimum atomic E-state index is -0.547. The van der Waals surface area contributed by atoms with Gasteiger partial charge in [-0.15, -0.1) is 0 Å². The molecule has 14 heavy (non-hydrogen) atoms. The van der Waals surface area contributed by atoms with E-state index in [9.17, 15) is 9.90 Å². The lowest BCUT2D eigenvalue weighted by Crippen LogP contribution is -1.92. The topological polar surface area (TPSA) is 50.2 Å². The zero-order chi connectivity index (χ0) is 10.1. The Kier molecular flexibility index (Phi) is 2.09. The maximum atomic E-state index is 11.0. The third kappa shape index (κ3) is 1.42. The molecule has 0 aliphatic rings. The second kappa shape index (κ2) is 3.27. The number of rotatable bonds is 1. The number of hydrogen-bond acceptors (Lipinski definition) is 3. The number of fused-ring (bicyclic) bond motifs is 1. The molecule has 0 radical (unpaired) electrons. The number of halogens is 1. The highest BCUT2D eigenvalue weighted by Crippen LogP contribution is 2.21. The third-order valence-electron chi connectivity index (χ3n) is 1.91. The number of nitrogens with zero attached hydrogens (tertiary/aromatic N) is 1. The van der Waals surface area contributed by atoms with Gasteiger partial charge in [0.05, 0.1) is 17.3 Å². The maximum absolute atomic E-state index is 11.0. The molecule has 0 spiro atoms. The van der Waals surface area contributed by atoms with Crippen LogP contribution in [0.4, 0.5) is 0 Å². The van der Waals surface area contributed by atoms with Crippen LogP contribution in [0.3, 0.4) is 0 Å². The minimum Gasteiger partial charge on any atom is -0.506 e. The molecule has 1 aromatic carbocycles.